The summed E-state index contributed by atoms with van der Waals surface area (Å²) >= 11 is 0. The summed E-state index contributed by atoms with van der Waals surface area (Å²) in [5.74, 6) is -2.71. The molecule has 0 aromatic carbocycles. The van der Waals surface area contributed by atoms with Gasteiger partial charge < -0.3 is 20.9 Å². The lowest BCUT2D eigenvalue weighted by Crippen LogP contribution is -2.39. The lowest BCUT2D eigenvalue weighted by Gasteiger charge is -2.30. The molecule has 0 bridgehead atoms. The summed E-state index contributed by atoms with van der Waals surface area (Å²) in [7, 11) is 0. The number of primary amides is 2. The molecule has 1 fully saturated rings. The number of nitrogens with two attached hydrogens (primary N) is 2. The quantitative estimate of drug-likeness (QED) is 0.472. The van der Waals surface area contributed by atoms with Crippen LogP contribution in [0.4, 0.5) is 9.59 Å². The van der Waals surface area contributed by atoms with Gasteiger partial charge in [0.15, 0.2) is 0 Å². The van der Waals surface area contributed by atoms with Crippen molar-refractivity contribution < 1.29 is 28.7 Å². The maximum absolute atomic E-state index is 11.1. The summed E-state index contributed by atoms with van der Waals surface area (Å²) in [4.78, 5) is 42.6. The van der Waals surface area contributed by atoms with Gasteiger partial charge in [0.1, 0.15) is 0 Å². The van der Waals surface area contributed by atoms with E-state index >= 15 is 0 Å². The third-order valence-corrected chi connectivity index (χ3v) is 2.21. The number of ether oxygens (including phenoxy) is 2. The molecule has 88 valence electrons. The van der Waals surface area contributed by atoms with Crippen LogP contribution >= 0.6 is 0 Å². The molecule has 0 radical (unpaired) electrons. The molecule has 0 unspecified atom stereocenters. The minimum Gasteiger partial charge on any atom is -0.376 e. The Morgan fingerprint density at radius 3 is 1.38 bits per heavy atom. The first kappa shape index (κ1) is 12.0. The van der Waals surface area contributed by atoms with Crippen molar-refractivity contribution in [2.24, 2.45) is 23.3 Å². The van der Waals surface area contributed by atoms with E-state index in [0.717, 1.165) is 0 Å². The fourth-order valence-electron chi connectivity index (χ4n) is 1.37. The molecule has 1 rings (SSSR count). The van der Waals surface area contributed by atoms with Crippen LogP contribution in [0.5, 0.6) is 0 Å². The summed E-state index contributed by atoms with van der Waals surface area (Å²) in [6.45, 7) is 0. The summed E-state index contributed by atoms with van der Waals surface area (Å²) in [5.41, 5.74) is 9.27. The molecular formula is C8H10N2O6. The third kappa shape index (κ3) is 2.94. The van der Waals surface area contributed by atoms with E-state index in [1.54, 1.807) is 0 Å². The number of hydrogen-bond acceptors (Lipinski definition) is 6. The van der Waals surface area contributed by atoms with Gasteiger partial charge >= 0.3 is 24.1 Å². The second-order valence-corrected chi connectivity index (χ2v) is 3.35. The van der Waals surface area contributed by atoms with E-state index in [9.17, 15) is 19.2 Å². The van der Waals surface area contributed by atoms with Crippen molar-refractivity contribution in [3.05, 3.63) is 0 Å². The Hall–Kier alpha value is -2.12. The van der Waals surface area contributed by atoms with Crippen LogP contribution in [0.2, 0.25) is 0 Å². The molecule has 0 spiro atoms. The average molecular weight is 230 g/mol. The van der Waals surface area contributed by atoms with Crippen molar-refractivity contribution in [1.82, 2.24) is 0 Å². The Bertz CT molecular complexity index is 314. The summed E-state index contributed by atoms with van der Waals surface area (Å²) in [5, 5.41) is 0. The van der Waals surface area contributed by atoms with Crippen molar-refractivity contribution in [2.75, 3.05) is 0 Å². The number of rotatable bonds is 2. The van der Waals surface area contributed by atoms with E-state index in [-0.39, 0.29) is 12.8 Å². The van der Waals surface area contributed by atoms with Gasteiger partial charge in [0.05, 0.1) is 11.8 Å². The molecule has 0 heterocycles. The largest absolute Gasteiger partial charge is 0.412 e. The van der Waals surface area contributed by atoms with Gasteiger partial charge in [-0.15, -0.1) is 0 Å². The molecule has 0 atom stereocenters. The summed E-state index contributed by atoms with van der Waals surface area (Å²) in [6.07, 6.45) is -2.07. The Morgan fingerprint density at radius 1 is 0.812 bits per heavy atom. The fourth-order valence-corrected chi connectivity index (χ4v) is 1.37. The standard InChI is InChI=1S/C8H10N2O6/c9-7(13)15-5(11)3-1-4(2-3)6(12)16-8(10)14/h3-4H,1-2H2,(H2,9,13)(H2,10,14). The van der Waals surface area contributed by atoms with Crippen molar-refractivity contribution in [2.45, 2.75) is 12.8 Å². The molecule has 1 aliphatic rings. The molecule has 16 heavy (non-hydrogen) atoms. The first-order valence-electron chi connectivity index (χ1n) is 4.42. The van der Waals surface area contributed by atoms with Gasteiger partial charge in [0.25, 0.3) is 0 Å². The zero-order valence-corrected chi connectivity index (χ0v) is 8.17. The fraction of sp³-hybridized carbons (Fsp3) is 0.500. The number of amides is 2. The average Bonchev–Trinajstić information content (AvgIpc) is 1.96. The maximum Gasteiger partial charge on any atom is 0.412 e. The van der Waals surface area contributed by atoms with Crippen LogP contribution in [0.3, 0.4) is 0 Å². The lowest BCUT2D eigenvalue weighted by molar-refractivity contribution is -0.154. The predicted octanol–water partition coefficient (Wildman–Crippen LogP) is -0.744. The third-order valence-electron chi connectivity index (χ3n) is 2.21. The topological polar surface area (TPSA) is 139 Å². The highest BCUT2D eigenvalue weighted by molar-refractivity contribution is 5.89. The Kier molecular flexibility index (Phi) is 3.44. The molecule has 0 aromatic rings. The van der Waals surface area contributed by atoms with Crippen molar-refractivity contribution in [3.63, 3.8) is 0 Å². The van der Waals surface area contributed by atoms with Crippen LogP contribution < -0.4 is 11.5 Å². The van der Waals surface area contributed by atoms with Gasteiger partial charge in [0.2, 0.25) is 0 Å². The van der Waals surface area contributed by atoms with Gasteiger partial charge in [-0.2, -0.15) is 0 Å². The first-order valence-corrected chi connectivity index (χ1v) is 4.42. The van der Waals surface area contributed by atoms with E-state index < -0.39 is 36.0 Å². The smallest absolute Gasteiger partial charge is 0.376 e. The highest BCUT2D eigenvalue weighted by Crippen LogP contribution is 2.35. The molecule has 1 aliphatic carbocycles. The van der Waals surface area contributed by atoms with Gasteiger partial charge in [0, 0.05) is 0 Å². The van der Waals surface area contributed by atoms with E-state index in [1.165, 1.54) is 0 Å². The number of carbonyl (C=O) groups excluding carboxylic acids is 4. The molecule has 8 heteroatoms. The normalized spacial score (nSPS) is 22.8. The minimum absolute atomic E-state index is 0.151. The Morgan fingerprint density at radius 2 is 1.12 bits per heavy atom. The van der Waals surface area contributed by atoms with Crippen LogP contribution in [-0.2, 0) is 19.1 Å². The lowest BCUT2D eigenvalue weighted by atomic mass is 9.75. The van der Waals surface area contributed by atoms with Crippen molar-refractivity contribution in [3.8, 4) is 0 Å². The van der Waals surface area contributed by atoms with E-state index in [4.69, 9.17) is 0 Å². The molecule has 0 saturated heterocycles. The zero-order chi connectivity index (χ0) is 12.3. The van der Waals surface area contributed by atoms with E-state index in [2.05, 4.69) is 20.9 Å². The highest BCUT2D eigenvalue weighted by atomic mass is 16.6. The number of hydrogen-bond donors (Lipinski definition) is 2. The summed E-state index contributed by atoms with van der Waals surface area (Å²) in [6, 6.07) is 0. The van der Waals surface area contributed by atoms with Crippen molar-refractivity contribution >= 4 is 24.1 Å². The van der Waals surface area contributed by atoms with E-state index in [0.29, 0.717) is 0 Å². The Balaban J connectivity index is 2.32. The van der Waals surface area contributed by atoms with Crippen LogP contribution in [0.1, 0.15) is 12.8 Å². The van der Waals surface area contributed by atoms with Gasteiger partial charge in [-0.1, -0.05) is 0 Å². The van der Waals surface area contributed by atoms with Gasteiger partial charge in [-0.05, 0) is 12.8 Å². The molecule has 1 saturated carbocycles. The predicted molar refractivity (Wildman–Crippen MR) is 47.6 cm³/mol. The van der Waals surface area contributed by atoms with Gasteiger partial charge in [-0.3, -0.25) is 9.59 Å². The number of esters is 2. The van der Waals surface area contributed by atoms with Crippen LogP contribution in [0.15, 0.2) is 0 Å². The van der Waals surface area contributed by atoms with E-state index in [1.807, 2.05) is 0 Å². The minimum atomic E-state index is -1.19. The van der Waals surface area contributed by atoms with Gasteiger partial charge in [-0.25, -0.2) is 9.59 Å². The number of carbonyl (C=O) groups is 4. The second kappa shape index (κ2) is 4.60. The highest BCUT2D eigenvalue weighted by Gasteiger charge is 2.41. The molecule has 8 nitrogen and oxygen atoms in total. The first-order chi connectivity index (χ1) is 7.40. The molecular weight excluding hydrogens is 220 g/mol. The van der Waals surface area contributed by atoms with Crippen molar-refractivity contribution in [1.29, 1.82) is 0 Å². The van der Waals surface area contributed by atoms with Crippen LogP contribution in [0, 0.1) is 11.8 Å². The maximum atomic E-state index is 11.1. The van der Waals surface area contributed by atoms with Crippen LogP contribution in [0.25, 0.3) is 0 Å². The second-order valence-electron chi connectivity index (χ2n) is 3.35. The Labute approximate surface area is 89.8 Å². The monoisotopic (exact) mass is 230 g/mol. The SMILES string of the molecule is NC(=O)OC(=O)C1CC(C(=O)OC(N)=O)C1. The van der Waals surface area contributed by atoms with Crippen LogP contribution in [-0.4, -0.2) is 24.1 Å². The summed E-state index contributed by atoms with van der Waals surface area (Å²) < 4.78 is 8.24. The molecule has 4 N–H and O–H groups in total. The molecule has 2 amide bonds. The molecule has 0 aliphatic heterocycles. The zero-order valence-electron chi connectivity index (χ0n) is 8.17. The molecule has 0 aromatic heterocycles.